The molecule has 8 heteroatoms. The molecule has 0 spiro atoms. The molecule has 0 bridgehead atoms. The predicted octanol–water partition coefficient (Wildman–Crippen LogP) is 4.77. The number of ether oxygens (including phenoxy) is 2. The molecule has 0 saturated heterocycles. The maximum Gasteiger partial charge on any atom is 0.261 e. The summed E-state index contributed by atoms with van der Waals surface area (Å²) in [6, 6.07) is 13.4. The lowest BCUT2D eigenvalue weighted by atomic mass is 9.90. The second-order valence-electron chi connectivity index (χ2n) is 7.94. The molecule has 3 rings (SSSR count). The van der Waals surface area contributed by atoms with Crippen molar-refractivity contribution in [3.63, 3.8) is 0 Å². The number of carbonyl (C=O) groups is 2. The molecule has 1 fully saturated rings. The Morgan fingerprint density at radius 3 is 1.44 bits per heavy atom. The van der Waals surface area contributed by atoms with E-state index in [0.717, 1.165) is 25.7 Å². The van der Waals surface area contributed by atoms with Gasteiger partial charge in [0.05, 0.1) is 0 Å². The Balaban J connectivity index is 1.53. The number of amides is 2. The molecule has 1 aliphatic carbocycles. The first-order valence-corrected chi connectivity index (χ1v) is 11.5. The van der Waals surface area contributed by atoms with Gasteiger partial charge in [-0.15, -0.1) is 0 Å². The van der Waals surface area contributed by atoms with Crippen LogP contribution in [0.2, 0.25) is 10.0 Å². The molecule has 6 nitrogen and oxygen atoms in total. The second kappa shape index (κ2) is 11.4. The third-order valence-corrected chi connectivity index (χ3v) is 5.92. The lowest BCUT2D eigenvalue weighted by molar-refractivity contribution is -0.131. The van der Waals surface area contributed by atoms with Crippen LogP contribution in [0.5, 0.6) is 11.5 Å². The Kier molecular flexibility index (Phi) is 8.65. The second-order valence-corrected chi connectivity index (χ2v) is 8.82. The highest BCUT2D eigenvalue weighted by atomic mass is 35.5. The number of rotatable bonds is 8. The van der Waals surface area contributed by atoms with Gasteiger partial charge in [0.1, 0.15) is 11.5 Å². The van der Waals surface area contributed by atoms with Crippen molar-refractivity contribution in [2.24, 2.45) is 0 Å². The minimum Gasteiger partial charge on any atom is -0.481 e. The fourth-order valence-corrected chi connectivity index (χ4v) is 3.87. The highest BCUT2D eigenvalue weighted by Crippen LogP contribution is 2.21. The summed E-state index contributed by atoms with van der Waals surface area (Å²) in [7, 11) is 0. The third kappa shape index (κ3) is 7.04. The maximum absolute atomic E-state index is 12.7. The van der Waals surface area contributed by atoms with Crippen LogP contribution in [0.1, 0.15) is 39.5 Å². The number of hydrogen-bond acceptors (Lipinski definition) is 4. The Morgan fingerprint density at radius 1 is 0.750 bits per heavy atom. The van der Waals surface area contributed by atoms with E-state index in [-0.39, 0.29) is 23.9 Å². The normalized spacial score (nSPS) is 20.0. The van der Waals surface area contributed by atoms with Gasteiger partial charge in [-0.05, 0) is 75.2 Å². The zero-order chi connectivity index (χ0) is 23.1. The van der Waals surface area contributed by atoms with Crippen LogP contribution in [-0.2, 0) is 9.59 Å². The van der Waals surface area contributed by atoms with Gasteiger partial charge in [-0.2, -0.15) is 0 Å². The fourth-order valence-electron chi connectivity index (χ4n) is 3.62. The van der Waals surface area contributed by atoms with Crippen LogP contribution >= 0.6 is 23.2 Å². The summed E-state index contributed by atoms with van der Waals surface area (Å²) in [5, 5.41) is 7.28. The van der Waals surface area contributed by atoms with Gasteiger partial charge in [-0.3, -0.25) is 9.59 Å². The highest BCUT2D eigenvalue weighted by molar-refractivity contribution is 6.30. The van der Waals surface area contributed by atoms with Gasteiger partial charge in [0.2, 0.25) is 0 Å². The van der Waals surface area contributed by atoms with Crippen LogP contribution in [0.3, 0.4) is 0 Å². The summed E-state index contributed by atoms with van der Waals surface area (Å²) in [4.78, 5) is 25.4. The Hall–Kier alpha value is -2.44. The molecule has 2 aromatic rings. The van der Waals surface area contributed by atoms with Crippen LogP contribution in [0.25, 0.3) is 0 Å². The molecule has 0 radical (unpaired) electrons. The van der Waals surface area contributed by atoms with E-state index in [1.54, 1.807) is 62.4 Å². The Labute approximate surface area is 198 Å². The zero-order valence-electron chi connectivity index (χ0n) is 18.1. The minimum atomic E-state index is -0.679. The predicted molar refractivity (Wildman–Crippen MR) is 125 cm³/mol. The topological polar surface area (TPSA) is 76.7 Å². The number of nitrogens with one attached hydrogen (secondary N) is 2. The van der Waals surface area contributed by atoms with E-state index in [1.807, 2.05) is 0 Å². The van der Waals surface area contributed by atoms with E-state index in [0.29, 0.717) is 21.5 Å². The number of halogens is 2. The van der Waals surface area contributed by atoms with Crippen molar-refractivity contribution in [1.29, 1.82) is 0 Å². The maximum atomic E-state index is 12.7. The summed E-state index contributed by atoms with van der Waals surface area (Å²) in [6.07, 6.45) is 2.19. The average Bonchev–Trinajstić information content (AvgIpc) is 2.78. The van der Waals surface area contributed by atoms with Crippen molar-refractivity contribution in [3.05, 3.63) is 58.6 Å². The van der Waals surface area contributed by atoms with Crippen molar-refractivity contribution >= 4 is 35.0 Å². The van der Waals surface area contributed by atoms with Crippen molar-refractivity contribution in [2.75, 3.05) is 0 Å². The molecule has 0 heterocycles. The smallest absolute Gasteiger partial charge is 0.261 e. The van der Waals surface area contributed by atoms with Gasteiger partial charge in [0.25, 0.3) is 11.8 Å². The van der Waals surface area contributed by atoms with Gasteiger partial charge in [0, 0.05) is 22.1 Å². The van der Waals surface area contributed by atoms with Crippen LogP contribution in [0, 0.1) is 0 Å². The van der Waals surface area contributed by atoms with E-state index in [9.17, 15) is 9.59 Å². The zero-order valence-corrected chi connectivity index (χ0v) is 19.7. The molecule has 1 saturated carbocycles. The average molecular weight is 479 g/mol. The van der Waals surface area contributed by atoms with Crippen molar-refractivity contribution < 1.29 is 19.1 Å². The largest absolute Gasteiger partial charge is 0.481 e. The summed E-state index contributed by atoms with van der Waals surface area (Å²) in [5.74, 6) is 0.686. The van der Waals surface area contributed by atoms with Gasteiger partial charge in [0.15, 0.2) is 12.2 Å². The van der Waals surface area contributed by atoms with Crippen molar-refractivity contribution in [3.8, 4) is 11.5 Å². The molecule has 4 atom stereocenters. The van der Waals surface area contributed by atoms with Crippen LogP contribution in [0.15, 0.2) is 48.5 Å². The molecule has 0 aliphatic heterocycles. The summed E-state index contributed by atoms with van der Waals surface area (Å²) >= 11 is 11.8. The molecular formula is C24H28Cl2N2O4. The van der Waals surface area contributed by atoms with Crippen LogP contribution < -0.4 is 20.1 Å². The van der Waals surface area contributed by atoms with Gasteiger partial charge < -0.3 is 20.1 Å². The SMILES string of the molecule is CC(Oc1ccc(Cl)cc1)C(=O)NC1CCCCC1NC(=O)C(C)Oc1ccc(Cl)cc1. The van der Waals surface area contributed by atoms with E-state index in [2.05, 4.69) is 10.6 Å². The van der Waals surface area contributed by atoms with Gasteiger partial charge >= 0.3 is 0 Å². The molecule has 2 amide bonds. The van der Waals surface area contributed by atoms with E-state index >= 15 is 0 Å². The first kappa shape index (κ1) is 24.2. The highest BCUT2D eigenvalue weighted by Gasteiger charge is 2.31. The molecule has 172 valence electrons. The minimum absolute atomic E-state index is 0.167. The first-order valence-electron chi connectivity index (χ1n) is 10.8. The number of carbonyl (C=O) groups excluding carboxylic acids is 2. The lowest BCUT2D eigenvalue weighted by Crippen LogP contribution is -2.56. The third-order valence-electron chi connectivity index (χ3n) is 5.41. The monoisotopic (exact) mass is 478 g/mol. The summed E-state index contributed by atoms with van der Waals surface area (Å²) in [5.41, 5.74) is 0. The first-order chi connectivity index (χ1) is 15.3. The molecular weight excluding hydrogens is 451 g/mol. The Morgan fingerprint density at radius 2 is 1.09 bits per heavy atom. The summed E-state index contributed by atoms with van der Waals surface area (Å²) in [6.45, 7) is 3.39. The standard InChI is InChI=1S/C24H28Cl2N2O4/c1-15(31-19-11-7-17(25)8-12-19)23(29)27-21-5-3-4-6-22(21)28-24(30)16(2)32-20-13-9-18(26)10-14-20/h7-16,21-22H,3-6H2,1-2H3,(H,27,29)(H,28,30). The summed E-state index contributed by atoms with van der Waals surface area (Å²) < 4.78 is 11.4. The van der Waals surface area contributed by atoms with Crippen LogP contribution in [-0.4, -0.2) is 36.1 Å². The van der Waals surface area contributed by atoms with Gasteiger partial charge in [-0.1, -0.05) is 36.0 Å². The molecule has 1 aliphatic rings. The number of benzene rings is 2. The molecule has 2 aromatic carbocycles. The van der Waals surface area contributed by atoms with E-state index < -0.39 is 12.2 Å². The number of hydrogen-bond donors (Lipinski definition) is 2. The van der Waals surface area contributed by atoms with E-state index in [1.165, 1.54) is 0 Å². The molecule has 4 unspecified atom stereocenters. The van der Waals surface area contributed by atoms with E-state index in [4.69, 9.17) is 32.7 Å². The lowest BCUT2D eigenvalue weighted by Gasteiger charge is -2.34. The quantitative estimate of drug-likeness (QED) is 0.572. The van der Waals surface area contributed by atoms with Gasteiger partial charge in [-0.25, -0.2) is 0 Å². The van der Waals surface area contributed by atoms with Crippen molar-refractivity contribution in [2.45, 2.75) is 63.8 Å². The van der Waals surface area contributed by atoms with Crippen LogP contribution in [0.4, 0.5) is 0 Å². The Bertz CT molecular complexity index is 830. The van der Waals surface area contributed by atoms with Crippen molar-refractivity contribution in [1.82, 2.24) is 10.6 Å². The molecule has 32 heavy (non-hydrogen) atoms. The molecule has 2 N–H and O–H groups in total. The fraction of sp³-hybridized carbons (Fsp3) is 0.417. The molecule has 0 aromatic heterocycles.